The SMILES string of the molecule is Br.Br.CCc1cccc2c1n(CCN(C)C(=O)c1ccccc1)c(=N)n2CC(=O)c1ccc(Cl)cc1. The smallest absolute Gasteiger partial charge is 0.253 e. The number of ketones is 1. The Labute approximate surface area is 236 Å². The number of hydrogen-bond donors (Lipinski definition) is 1. The van der Waals surface area contributed by atoms with Crippen molar-refractivity contribution in [3.05, 3.63) is 100 Å². The van der Waals surface area contributed by atoms with Crippen molar-refractivity contribution >= 4 is 68.3 Å². The molecule has 0 saturated heterocycles. The van der Waals surface area contributed by atoms with Gasteiger partial charge in [-0.25, -0.2) is 0 Å². The Bertz CT molecular complexity index is 1400. The fourth-order valence-electron chi connectivity index (χ4n) is 4.16. The molecule has 190 valence electrons. The lowest BCUT2D eigenvalue weighted by molar-refractivity contribution is 0.0790. The highest BCUT2D eigenvalue weighted by atomic mass is 79.9. The molecule has 0 bridgehead atoms. The molecule has 1 aromatic heterocycles. The van der Waals surface area contributed by atoms with Gasteiger partial charge in [-0.15, -0.1) is 34.0 Å². The van der Waals surface area contributed by atoms with Crippen LogP contribution >= 0.6 is 45.6 Å². The molecule has 1 heterocycles. The van der Waals surface area contributed by atoms with E-state index in [2.05, 4.69) is 6.92 Å². The molecule has 0 saturated carbocycles. The zero-order chi connectivity index (χ0) is 24.2. The van der Waals surface area contributed by atoms with Gasteiger partial charge in [0, 0.05) is 36.3 Å². The van der Waals surface area contributed by atoms with Gasteiger partial charge in [-0.05, 0) is 54.4 Å². The number of benzene rings is 3. The van der Waals surface area contributed by atoms with Crippen LogP contribution in [-0.4, -0.2) is 39.3 Å². The standard InChI is InChI=1S/C27H27ClN4O2.2BrH/c1-3-19-10-7-11-23-25(19)31(17-16-30(2)26(34)21-8-5-4-6-9-21)27(29)32(23)18-24(33)20-12-14-22(28)15-13-20;;/h4-15,29H,3,16-18H2,1-2H3;2*1H. The molecule has 1 N–H and O–H groups in total. The van der Waals surface area contributed by atoms with Crippen LogP contribution in [0.5, 0.6) is 0 Å². The number of aromatic nitrogens is 2. The number of fused-ring (bicyclic) bond motifs is 1. The number of nitrogens with zero attached hydrogens (tertiary/aromatic N) is 3. The van der Waals surface area contributed by atoms with Crippen molar-refractivity contribution < 1.29 is 9.59 Å². The van der Waals surface area contributed by atoms with E-state index in [-0.39, 0.29) is 57.8 Å². The number of likely N-dealkylation sites (N-methyl/N-ethyl adjacent to an activating group) is 1. The Kier molecular flexibility index (Phi) is 10.7. The Morgan fingerprint density at radius 1 is 0.889 bits per heavy atom. The van der Waals surface area contributed by atoms with Gasteiger partial charge >= 0.3 is 0 Å². The minimum absolute atomic E-state index is 0. The number of Topliss-reactive ketones (excluding diaryl/α,β-unsaturated/α-hetero) is 1. The summed E-state index contributed by atoms with van der Waals surface area (Å²) in [5.74, 6) is -0.155. The van der Waals surface area contributed by atoms with Crippen LogP contribution < -0.4 is 5.62 Å². The number of carbonyl (C=O) groups is 2. The maximum atomic E-state index is 13.0. The van der Waals surface area contributed by atoms with Gasteiger partial charge < -0.3 is 14.0 Å². The van der Waals surface area contributed by atoms with Crippen LogP contribution in [0.2, 0.25) is 5.02 Å². The predicted molar refractivity (Wildman–Crippen MR) is 155 cm³/mol. The quantitative estimate of drug-likeness (QED) is 0.243. The lowest BCUT2D eigenvalue weighted by atomic mass is 10.1. The molecular formula is C27H29Br2ClN4O2. The molecule has 0 spiro atoms. The van der Waals surface area contributed by atoms with Crippen molar-refractivity contribution in [1.29, 1.82) is 5.41 Å². The van der Waals surface area contributed by atoms with E-state index in [0.29, 0.717) is 29.2 Å². The van der Waals surface area contributed by atoms with E-state index in [1.807, 2.05) is 41.0 Å². The highest BCUT2D eigenvalue weighted by molar-refractivity contribution is 8.93. The number of aryl methyl sites for hydroxylation is 1. The molecule has 0 aliphatic carbocycles. The van der Waals surface area contributed by atoms with E-state index in [0.717, 1.165) is 23.0 Å². The summed E-state index contributed by atoms with van der Waals surface area (Å²) in [6.07, 6.45) is 0.796. The van der Waals surface area contributed by atoms with Crippen molar-refractivity contribution in [3.63, 3.8) is 0 Å². The highest BCUT2D eigenvalue weighted by Crippen LogP contribution is 2.20. The number of hydrogen-bond acceptors (Lipinski definition) is 3. The fourth-order valence-corrected chi connectivity index (χ4v) is 4.29. The second kappa shape index (κ2) is 13.0. The Morgan fingerprint density at radius 2 is 1.56 bits per heavy atom. The van der Waals surface area contributed by atoms with Crippen LogP contribution in [0, 0.1) is 5.41 Å². The first-order valence-corrected chi connectivity index (χ1v) is 11.6. The summed E-state index contributed by atoms with van der Waals surface area (Å²) in [4.78, 5) is 27.4. The van der Waals surface area contributed by atoms with Crippen LogP contribution in [0.1, 0.15) is 33.2 Å². The highest BCUT2D eigenvalue weighted by Gasteiger charge is 2.18. The number of nitrogens with one attached hydrogen (secondary N) is 1. The van der Waals surface area contributed by atoms with Crippen molar-refractivity contribution in [2.24, 2.45) is 0 Å². The number of rotatable bonds is 8. The lowest BCUT2D eigenvalue weighted by Crippen LogP contribution is -2.34. The third-order valence-electron chi connectivity index (χ3n) is 6.05. The topological polar surface area (TPSA) is 71.1 Å². The summed E-state index contributed by atoms with van der Waals surface area (Å²) in [6, 6.07) is 21.9. The third-order valence-corrected chi connectivity index (χ3v) is 6.30. The molecule has 36 heavy (non-hydrogen) atoms. The minimum Gasteiger partial charge on any atom is -0.340 e. The first kappa shape index (κ1) is 29.5. The van der Waals surface area contributed by atoms with Gasteiger partial charge in [0.25, 0.3) is 5.91 Å². The van der Waals surface area contributed by atoms with E-state index in [1.54, 1.807) is 52.9 Å². The number of amides is 1. The lowest BCUT2D eigenvalue weighted by Gasteiger charge is -2.18. The summed E-state index contributed by atoms with van der Waals surface area (Å²) in [5, 5.41) is 9.47. The van der Waals surface area contributed by atoms with E-state index in [9.17, 15) is 9.59 Å². The largest absolute Gasteiger partial charge is 0.340 e. The van der Waals surface area contributed by atoms with Crippen molar-refractivity contribution in [2.75, 3.05) is 13.6 Å². The Hall–Kier alpha value is -2.68. The first-order chi connectivity index (χ1) is 16.4. The first-order valence-electron chi connectivity index (χ1n) is 11.3. The van der Waals surface area contributed by atoms with Crippen molar-refractivity contribution in [3.8, 4) is 0 Å². The van der Waals surface area contributed by atoms with E-state index in [4.69, 9.17) is 17.0 Å². The molecule has 4 aromatic rings. The van der Waals surface area contributed by atoms with Gasteiger partial charge in [0.15, 0.2) is 5.78 Å². The van der Waals surface area contributed by atoms with Crippen molar-refractivity contribution in [1.82, 2.24) is 14.0 Å². The molecule has 6 nitrogen and oxygen atoms in total. The number of carbonyl (C=O) groups excluding carboxylic acids is 2. The molecule has 0 aliphatic rings. The van der Waals surface area contributed by atoms with Gasteiger partial charge in [-0.3, -0.25) is 15.0 Å². The van der Waals surface area contributed by atoms with Crippen LogP contribution in [0.3, 0.4) is 0 Å². The van der Waals surface area contributed by atoms with E-state index in [1.165, 1.54) is 0 Å². The molecular weight excluding hydrogens is 608 g/mol. The number of halogens is 3. The molecule has 4 rings (SSSR count). The van der Waals surface area contributed by atoms with Crippen molar-refractivity contribution in [2.45, 2.75) is 26.4 Å². The number of para-hydroxylation sites is 1. The zero-order valence-electron chi connectivity index (χ0n) is 20.1. The average molecular weight is 637 g/mol. The van der Waals surface area contributed by atoms with Crippen LogP contribution in [-0.2, 0) is 19.5 Å². The predicted octanol–water partition coefficient (Wildman–Crippen LogP) is 5.95. The molecule has 0 aliphatic heterocycles. The molecule has 0 unspecified atom stereocenters. The Balaban J connectivity index is 0.00000228. The van der Waals surface area contributed by atoms with Crippen LogP contribution in [0.25, 0.3) is 11.0 Å². The second-order valence-electron chi connectivity index (χ2n) is 8.22. The van der Waals surface area contributed by atoms with E-state index < -0.39 is 0 Å². The van der Waals surface area contributed by atoms with Gasteiger partial charge in [0.05, 0.1) is 17.6 Å². The molecule has 3 aromatic carbocycles. The van der Waals surface area contributed by atoms with Gasteiger partial charge in [-0.2, -0.15) is 0 Å². The van der Waals surface area contributed by atoms with Gasteiger partial charge in [0.1, 0.15) is 0 Å². The molecule has 0 atom stereocenters. The minimum atomic E-state index is -0.0903. The molecule has 0 radical (unpaired) electrons. The second-order valence-corrected chi connectivity index (χ2v) is 8.66. The van der Waals surface area contributed by atoms with Crippen LogP contribution in [0.4, 0.5) is 0 Å². The summed E-state index contributed by atoms with van der Waals surface area (Å²) in [5.41, 5.74) is 4.28. The Morgan fingerprint density at radius 3 is 2.19 bits per heavy atom. The molecule has 0 fully saturated rings. The van der Waals surface area contributed by atoms with Gasteiger partial charge in [0.2, 0.25) is 5.62 Å². The third kappa shape index (κ3) is 6.17. The maximum absolute atomic E-state index is 13.0. The van der Waals surface area contributed by atoms with E-state index >= 15 is 0 Å². The zero-order valence-corrected chi connectivity index (χ0v) is 24.3. The summed E-state index contributed by atoms with van der Waals surface area (Å²) in [7, 11) is 1.77. The number of imidazole rings is 1. The molecule has 9 heteroatoms. The summed E-state index contributed by atoms with van der Waals surface area (Å²) < 4.78 is 3.64. The van der Waals surface area contributed by atoms with Gasteiger partial charge in [-0.1, -0.05) is 48.9 Å². The molecule has 1 amide bonds. The maximum Gasteiger partial charge on any atom is 0.253 e. The van der Waals surface area contributed by atoms with Crippen LogP contribution in [0.15, 0.2) is 72.8 Å². The fraction of sp³-hybridized carbons (Fsp3) is 0.222. The summed E-state index contributed by atoms with van der Waals surface area (Å²) >= 11 is 5.96. The summed E-state index contributed by atoms with van der Waals surface area (Å²) in [6.45, 7) is 3.01. The monoisotopic (exact) mass is 634 g/mol. The normalized spacial score (nSPS) is 10.4. The average Bonchev–Trinajstić information content (AvgIpc) is 3.13.